The monoisotopic (exact) mass is 172 g/mol. The van der Waals surface area contributed by atoms with Crippen LogP contribution in [0.25, 0.3) is 0 Å². The molecule has 2 atom stereocenters. The summed E-state index contributed by atoms with van der Waals surface area (Å²) in [5, 5.41) is 0.731. The van der Waals surface area contributed by atoms with Crippen molar-refractivity contribution in [1.82, 2.24) is 0 Å². The molecule has 10 heavy (non-hydrogen) atoms. The summed E-state index contributed by atoms with van der Waals surface area (Å²) in [6, 6.07) is 0. The first-order valence-electron chi connectivity index (χ1n) is 3.83. The normalized spacial score (nSPS) is 42.8. The highest BCUT2D eigenvalue weighted by molar-refractivity contribution is 7.82. The van der Waals surface area contributed by atoms with Crippen molar-refractivity contribution in [2.45, 2.75) is 42.0 Å². The predicted octanol–water partition coefficient (Wildman–Crippen LogP) is 2.11. The van der Waals surface area contributed by atoms with Gasteiger partial charge in [-0.15, -0.1) is 0 Å². The number of hydrogen-bond acceptors (Lipinski definition) is 2. The third kappa shape index (κ3) is 2.13. The van der Waals surface area contributed by atoms with Crippen LogP contribution in [0.4, 0.5) is 0 Å². The number of hydrogen-bond donors (Lipinski definition) is 2. The largest absolute Gasteiger partial charge is 0.176 e. The Bertz CT molecular complexity index is 95.8. The van der Waals surface area contributed by atoms with Crippen molar-refractivity contribution < 1.29 is 0 Å². The van der Waals surface area contributed by atoms with Gasteiger partial charge in [-0.05, 0) is 23.3 Å². The molecule has 0 aliphatic heterocycles. The molecule has 56 valence electrons. The van der Waals surface area contributed by atoms with Gasteiger partial charge in [-0.3, -0.25) is 0 Å². The Morgan fingerprint density at radius 1 is 1.00 bits per heavy atom. The third-order valence-corrected chi connectivity index (χ3v) is 3.34. The molecule has 1 aliphatic carbocycles. The maximum Gasteiger partial charge on any atom is 0.0729 e. The average Bonchev–Trinajstić information content (AvgIpc) is 2.04. The van der Waals surface area contributed by atoms with Gasteiger partial charge in [-0.2, -0.15) is 25.3 Å². The highest BCUT2D eigenvalue weighted by Crippen LogP contribution is 2.32. The van der Waals surface area contributed by atoms with Crippen LogP contribution in [-0.4, -0.2) is 18.3 Å². The van der Waals surface area contributed by atoms with E-state index in [1.165, 1.54) is 12.8 Å². The lowest BCUT2D eigenvalue weighted by molar-refractivity contribution is 0.710. The maximum absolute atomic E-state index is 5.87. The van der Waals surface area contributed by atoms with Crippen LogP contribution in [0.2, 0.25) is 5.82 Å². The second-order valence-electron chi connectivity index (χ2n) is 3.00. The minimum atomic E-state index is 0.189. The van der Waals surface area contributed by atoms with E-state index in [4.69, 9.17) is 7.85 Å². The van der Waals surface area contributed by atoms with E-state index in [2.05, 4.69) is 25.3 Å². The SMILES string of the molecule is [B]C1C(S)CCCCC1S. The van der Waals surface area contributed by atoms with E-state index in [-0.39, 0.29) is 5.82 Å². The second kappa shape index (κ2) is 3.96. The smallest absolute Gasteiger partial charge is 0.0729 e. The van der Waals surface area contributed by atoms with E-state index in [1.807, 2.05) is 0 Å². The molecule has 1 aliphatic rings. The van der Waals surface area contributed by atoms with Gasteiger partial charge in [-0.1, -0.05) is 18.7 Å². The van der Waals surface area contributed by atoms with Crippen LogP contribution in [0.3, 0.4) is 0 Å². The Morgan fingerprint density at radius 3 is 1.80 bits per heavy atom. The molecule has 2 unspecified atom stereocenters. The number of thiol groups is 2. The number of rotatable bonds is 0. The Balaban J connectivity index is 2.46. The van der Waals surface area contributed by atoms with Gasteiger partial charge in [0.2, 0.25) is 0 Å². The summed E-state index contributed by atoms with van der Waals surface area (Å²) in [4.78, 5) is 0. The molecule has 0 saturated heterocycles. The summed E-state index contributed by atoms with van der Waals surface area (Å²) < 4.78 is 0. The van der Waals surface area contributed by atoms with E-state index < -0.39 is 0 Å². The van der Waals surface area contributed by atoms with Crippen LogP contribution >= 0.6 is 25.3 Å². The standard InChI is InChI=1S/C7H13BS2/c8-7-5(9)3-1-2-4-6(7)10/h5-7,9-10H,1-4H2. The minimum absolute atomic E-state index is 0.189. The van der Waals surface area contributed by atoms with Crippen LogP contribution in [0.5, 0.6) is 0 Å². The summed E-state index contributed by atoms with van der Waals surface area (Å²) in [6.07, 6.45) is 4.83. The van der Waals surface area contributed by atoms with Crippen molar-refractivity contribution in [3.05, 3.63) is 0 Å². The Morgan fingerprint density at radius 2 is 1.40 bits per heavy atom. The van der Waals surface area contributed by atoms with Crippen LogP contribution in [0, 0.1) is 0 Å². The molecule has 0 nitrogen and oxygen atoms in total. The summed E-state index contributed by atoms with van der Waals surface area (Å²) in [7, 11) is 5.87. The molecule has 2 radical (unpaired) electrons. The van der Waals surface area contributed by atoms with Crippen molar-refractivity contribution in [2.75, 3.05) is 0 Å². The highest BCUT2D eigenvalue weighted by atomic mass is 32.1. The first-order valence-corrected chi connectivity index (χ1v) is 4.87. The van der Waals surface area contributed by atoms with Gasteiger partial charge < -0.3 is 0 Å². The lowest BCUT2D eigenvalue weighted by atomic mass is 9.80. The van der Waals surface area contributed by atoms with Crippen molar-refractivity contribution in [1.29, 1.82) is 0 Å². The fourth-order valence-electron chi connectivity index (χ4n) is 1.35. The van der Waals surface area contributed by atoms with E-state index in [0.29, 0.717) is 10.5 Å². The molecule has 1 fully saturated rings. The van der Waals surface area contributed by atoms with Crippen LogP contribution in [0.15, 0.2) is 0 Å². The second-order valence-corrected chi connectivity index (χ2v) is 4.32. The van der Waals surface area contributed by atoms with Crippen LogP contribution in [0.1, 0.15) is 25.7 Å². The molecule has 0 bridgehead atoms. The molecule has 0 aromatic carbocycles. The maximum atomic E-state index is 5.87. The van der Waals surface area contributed by atoms with Crippen LogP contribution < -0.4 is 0 Å². The molecule has 0 aromatic heterocycles. The zero-order valence-corrected chi connectivity index (χ0v) is 7.82. The fraction of sp³-hybridized carbons (Fsp3) is 1.00. The molecule has 3 heteroatoms. The van der Waals surface area contributed by atoms with E-state index in [0.717, 1.165) is 12.8 Å². The summed E-state index contributed by atoms with van der Waals surface area (Å²) in [6.45, 7) is 0. The average molecular weight is 172 g/mol. The van der Waals surface area contributed by atoms with Crippen LogP contribution in [-0.2, 0) is 0 Å². The molecule has 0 spiro atoms. The topological polar surface area (TPSA) is 0 Å². The van der Waals surface area contributed by atoms with E-state index in [9.17, 15) is 0 Å². The Labute approximate surface area is 75.4 Å². The fourth-order valence-corrected chi connectivity index (χ4v) is 2.26. The molecule has 1 rings (SSSR count). The summed E-state index contributed by atoms with van der Waals surface area (Å²) in [5.41, 5.74) is 0. The van der Waals surface area contributed by atoms with Gasteiger partial charge in [0.25, 0.3) is 0 Å². The first-order chi connectivity index (χ1) is 4.72. The van der Waals surface area contributed by atoms with Gasteiger partial charge in [0.15, 0.2) is 0 Å². The zero-order valence-electron chi connectivity index (χ0n) is 6.03. The molecule has 1 saturated carbocycles. The van der Waals surface area contributed by atoms with E-state index >= 15 is 0 Å². The van der Waals surface area contributed by atoms with Gasteiger partial charge in [0.05, 0.1) is 7.85 Å². The lowest BCUT2D eigenvalue weighted by Crippen LogP contribution is -2.16. The lowest BCUT2D eigenvalue weighted by Gasteiger charge is -2.20. The minimum Gasteiger partial charge on any atom is -0.176 e. The molecule has 0 heterocycles. The quantitative estimate of drug-likeness (QED) is 0.312. The molecule has 0 amide bonds. The van der Waals surface area contributed by atoms with Gasteiger partial charge >= 0.3 is 0 Å². The Kier molecular flexibility index (Phi) is 3.51. The summed E-state index contributed by atoms with van der Waals surface area (Å²) in [5.74, 6) is 0.189. The predicted molar refractivity (Wildman–Crippen MR) is 53.5 cm³/mol. The molecular formula is C7H13BS2. The molecule has 0 N–H and O–H groups in total. The zero-order chi connectivity index (χ0) is 7.56. The third-order valence-electron chi connectivity index (χ3n) is 2.14. The van der Waals surface area contributed by atoms with Gasteiger partial charge in [-0.25, -0.2) is 0 Å². The van der Waals surface area contributed by atoms with E-state index in [1.54, 1.807) is 0 Å². The van der Waals surface area contributed by atoms with Crippen molar-refractivity contribution in [3.8, 4) is 0 Å². The van der Waals surface area contributed by atoms with Crippen molar-refractivity contribution >= 4 is 33.1 Å². The Hall–Kier alpha value is 0.765. The van der Waals surface area contributed by atoms with Gasteiger partial charge in [0.1, 0.15) is 0 Å². The molecular weight excluding hydrogens is 159 g/mol. The van der Waals surface area contributed by atoms with Gasteiger partial charge in [0, 0.05) is 0 Å². The summed E-state index contributed by atoms with van der Waals surface area (Å²) >= 11 is 8.82. The van der Waals surface area contributed by atoms with Crippen molar-refractivity contribution in [2.24, 2.45) is 0 Å². The highest BCUT2D eigenvalue weighted by Gasteiger charge is 2.22. The first kappa shape index (κ1) is 8.86. The molecule has 0 aromatic rings. The van der Waals surface area contributed by atoms with Crippen molar-refractivity contribution in [3.63, 3.8) is 0 Å².